The summed E-state index contributed by atoms with van der Waals surface area (Å²) in [5.74, 6) is 1.00. The van der Waals surface area contributed by atoms with E-state index in [0.717, 1.165) is 37.1 Å². The highest BCUT2D eigenvalue weighted by atomic mass is 32.2. The number of hydrogen-bond acceptors (Lipinski definition) is 4. The van der Waals surface area contributed by atoms with Gasteiger partial charge in [-0.05, 0) is 56.9 Å². The fourth-order valence-electron chi connectivity index (χ4n) is 3.88. The van der Waals surface area contributed by atoms with E-state index < -0.39 is 10.0 Å². The van der Waals surface area contributed by atoms with E-state index in [9.17, 15) is 8.42 Å². The van der Waals surface area contributed by atoms with Crippen LogP contribution in [-0.4, -0.2) is 33.8 Å². The highest BCUT2D eigenvalue weighted by Crippen LogP contribution is 2.33. The first-order chi connectivity index (χ1) is 12.4. The first kappa shape index (κ1) is 17.2. The SMILES string of the molecule is Cc1cc(S(=O)(=O)NC2CCC(n3cccc4ccnc3-4)CC2)n(C)n1. The third-order valence-electron chi connectivity index (χ3n) is 5.12. The zero-order valence-corrected chi connectivity index (χ0v) is 15.8. The van der Waals surface area contributed by atoms with Crippen LogP contribution in [-0.2, 0) is 17.1 Å². The standard InChI is InChI=1S/C18H23N5O2S/c1-13-12-17(22(2)20-13)26(24,25)21-15-5-7-16(8-6-15)23-11-3-4-14-9-10-19-18(14)23/h3-4,9-12,15-16,21H,5-8H2,1-2H3. The van der Waals surface area contributed by atoms with Crippen LogP contribution in [0.5, 0.6) is 0 Å². The van der Waals surface area contributed by atoms with Crippen molar-refractivity contribution in [3.05, 3.63) is 42.4 Å². The summed E-state index contributed by atoms with van der Waals surface area (Å²) >= 11 is 0. The van der Waals surface area contributed by atoms with E-state index in [-0.39, 0.29) is 11.1 Å². The van der Waals surface area contributed by atoms with Crippen molar-refractivity contribution >= 4 is 10.0 Å². The summed E-state index contributed by atoms with van der Waals surface area (Å²) in [5, 5.41) is 4.35. The van der Waals surface area contributed by atoms with Crippen LogP contribution < -0.4 is 4.72 Å². The van der Waals surface area contributed by atoms with Gasteiger partial charge in [-0.25, -0.2) is 18.1 Å². The normalized spacial score (nSPS) is 21.3. The second kappa shape index (κ2) is 6.51. The molecular formula is C18H23N5O2S. The first-order valence-corrected chi connectivity index (χ1v) is 10.4. The average molecular weight is 373 g/mol. The number of fused-ring (bicyclic) bond motifs is 1. The molecule has 0 bridgehead atoms. The Hall–Kier alpha value is -2.19. The summed E-state index contributed by atoms with van der Waals surface area (Å²) in [6, 6.07) is 8.04. The number of nitrogens with zero attached hydrogens (tertiary/aromatic N) is 4. The maximum Gasteiger partial charge on any atom is 0.257 e. The Morgan fingerprint density at radius 3 is 2.65 bits per heavy atom. The summed E-state index contributed by atoms with van der Waals surface area (Å²) in [5.41, 5.74) is 1.84. The molecular weight excluding hydrogens is 350 g/mol. The van der Waals surface area contributed by atoms with Crippen LogP contribution in [0, 0.1) is 6.92 Å². The molecule has 0 saturated heterocycles. The van der Waals surface area contributed by atoms with Crippen molar-refractivity contribution in [3.8, 4) is 11.4 Å². The lowest BCUT2D eigenvalue weighted by atomic mass is 9.91. The van der Waals surface area contributed by atoms with Gasteiger partial charge in [0.25, 0.3) is 10.0 Å². The molecule has 4 rings (SSSR count). The lowest BCUT2D eigenvalue weighted by Gasteiger charge is -2.31. The fourth-order valence-corrected chi connectivity index (χ4v) is 5.39. The van der Waals surface area contributed by atoms with E-state index in [0.29, 0.717) is 11.7 Å². The summed E-state index contributed by atoms with van der Waals surface area (Å²) in [7, 11) is -1.89. The van der Waals surface area contributed by atoms with Gasteiger partial charge in [0.1, 0.15) is 5.82 Å². The van der Waals surface area contributed by atoms with E-state index in [4.69, 9.17) is 0 Å². The number of aromatic nitrogens is 4. The molecule has 3 heterocycles. The quantitative estimate of drug-likeness (QED) is 0.762. The zero-order chi connectivity index (χ0) is 18.3. The predicted octanol–water partition coefficient (Wildman–Crippen LogP) is 2.49. The van der Waals surface area contributed by atoms with Gasteiger partial charge in [-0.3, -0.25) is 4.68 Å². The molecule has 1 N–H and O–H groups in total. The van der Waals surface area contributed by atoms with Crippen LogP contribution in [0.25, 0.3) is 11.4 Å². The van der Waals surface area contributed by atoms with Crippen molar-refractivity contribution < 1.29 is 8.42 Å². The van der Waals surface area contributed by atoms with E-state index >= 15 is 0 Å². The van der Waals surface area contributed by atoms with Crippen LogP contribution in [0.2, 0.25) is 0 Å². The smallest absolute Gasteiger partial charge is 0.257 e. The Labute approximate surface area is 153 Å². The largest absolute Gasteiger partial charge is 0.329 e. The summed E-state index contributed by atoms with van der Waals surface area (Å²) in [4.78, 5) is 4.47. The Morgan fingerprint density at radius 1 is 1.19 bits per heavy atom. The number of nitrogens with one attached hydrogen (secondary N) is 1. The molecule has 1 aromatic rings. The van der Waals surface area contributed by atoms with E-state index in [1.165, 1.54) is 4.68 Å². The first-order valence-electron chi connectivity index (χ1n) is 8.88. The molecule has 1 aliphatic carbocycles. The maximum absolute atomic E-state index is 12.6. The number of sulfonamides is 1. The van der Waals surface area contributed by atoms with E-state index in [1.807, 2.05) is 18.3 Å². The van der Waals surface area contributed by atoms with Gasteiger partial charge in [0.05, 0.1) is 5.69 Å². The maximum atomic E-state index is 12.6. The predicted molar refractivity (Wildman–Crippen MR) is 98.4 cm³/mol. The molecule has 7 nitrogen and oxygen atoms in total. The van der Waals surface area contributed by atoms with E-state index in [1.54, 1.807) is 20.0 Å². The molecule has 0 spiro atoms. The topological polar surface area (TPSA) is 81.8 Å². The summed E-state index contributed by atoms with van der Waals surface area (Å²) in [6.45, 7) is 1.79. The number of hydrogen-bond donors (Lipinski definition) is 1. The van der Waals surface area contributed by atoms with Crippen LogP contribution >= 0.6 is 0 Å². The Bertz CT molecular complexity index is 983. The molecule has 0 unspecified atom stereocenters. The number of aryl methyl sites for hydroxylation is 2. The second-order valence-electron chi connectivity index (χ2n) is 7.01. The van der Waals surface area contributed by atoms with Crippen molar-refractivity contribution in [1.82, 2.24) is 24.1 Å². The van der Waals surface area contributed by atoms with Crippen molar-refractivity contribution in [3.63, 3.8) is 0 Å². The molecule has 26 heavy (non-hydrogen) atoms. The third-order valence-corrected chi connectivity index (χ3v) is 6.70. The van der Waals surface area contributed by atoms with Crippen LogP contribution in [0.3, 0.4) is 0 Å². The minimum atomic E-state index is -3.55. The molecule has 0 amide bonds. The number of rotatable bonds is 4. The Morgan fingerprint density at radius 2 is 1.96 bits per heavy atom. The average Bonchev–Trinajstić information content (AvgIpc) is 3.21. The molecule has 0 radical (unpaired) electrons. The summed E-state index contributed by atoms with van der Waals surface area (Å²) < 4.78 is 31.8. The molecule has 1 fully saturated rings. The Balaban J connectivity index is 1.44. The van der Waals surface area contributed by atoms with Crippen LogP contribution in [0.15, 0.2) is 41.7 Å². The number of pyridine rings is 1. The minimum absolute atomic E-state index is 0.0427. The van der Waals surface area contributed by atoms with Crippen molar-refractivity contribution in [2.75, 3.05) is 0 Å². The van der Waals surface area contributed by atoms with Gasteiger partial charge < -0.3 is 4.57 Å². The van der Waals surface area contributed by atoms with Crippen LogP contribution in [0.4, 0.5) is 0 Å². The molecule has 8 heteroatoms. The van der Waals surface area contributed by atoms with Gasteiger partial charge in [0.15, 0.2) is 5.03 Å². The van der Waals surface area contributed by atoms with E-state index in [2.05, 4.69) is 31.6 Å². The molecule has 0 atom stereocenters. The fraction of sp³-hybridized carbons (Fsp3) is 0.444. The van der Waals surface area contributed by atoms with Gasteiger partial charge in [-0.2, -0.15) is 5.10 Å². The highest BCUT2D eigenvalue weighted by Gasteiger charge is 2.29. The van der Waals surface area contributed by atoms with Crippen molar-refractivity contribution in [1.29, 1.82) is 0 Å². The molecule has 138 valence electrons. The molecule has 2 aliphatic heterocycles. The monoisotopic (exact) mass is 373 g/mol. The third kappa shape index (κ3) is 3.14. The molecule has 0 aromatic carbocycles. The molecule has 1 aromatic heterocycles. The lowest BCUT2D eigenvalue weighted by Crippen LogP contribution is -2.38. The van der Waals surface area contributed by atoms with Crippen molar-refractivity contribution in [2.45, 2.75) is 49.7 Å². The summed E-state index contributed by atoms with van der Waals surface area (Å²) in [6.07, 6.45) is 7.37. The zero-order valence-electron chi connectivity index (χ0n) is 15.0. The van der Waals surface area contributed by atoms with Crippen LogP contribution in [0.1, 0.15) is 37.4 Å². The van der Waals surface area contributed by atoms with Gasteiger partial charge in [-0.15, -0.1) is 0 Å². The van der Waals surface area contributed by atoms with Gasteiger partial charge >= 0.3 is 0 Å². The van der Waals surface area contributed by atoms with Crippen molar-refractivity contribution in [2.24, 2.45) is 7.05 Å². The van der Waals surface area contributed by atoms with Gasteiger partial charge in [0.2, 0.25) is 0 Å². The molecule has 1 saturated carbocycles. The minimum Gasteiger partial charge on any atom is -0.329 e. The van der Waals surface area contributed by atoms with Gasteiger partial charge in [-0.1, -0.05) is 0 Å². The lowest BCUT2D eigenvalue weighted by molar-refractivity contribution is 0.310. The van der Waals surface area contributed by atoms with Gasteiger partial charge in [0, 0.05) is 37.1 Å². The molecule has 3 aliphatic rings. The second-order valence-corrected chi connectivity index (χ2v) is 8.67. The highest BCUT2D eigenvalue weighted by molar-refractivity contribution is 7.89. The Kier molecular flexibility index (Phi) is 4.32.